The average Bonchev–Trinajstić information content (AvgIpc) is 2.72. The van der Waals surface area contributed by atoms with Crippen molar-refractivity contribution in [3.8, 4) is 11.5 Å². The Morgan fingerprint density at radius 2 is 1.71 bits per heavy atom. The Morgan fingerprint density at radius 1 is 1.00 bits per heavy atom. The highest BCUT2D eigenvalue weighted by atomic mass is 79.9. The van der Waals surface area contributed by atoms with Crippen molar-refractivity contribution in [3.63, 3.8) is 0 Å². The fourth-order valence-corrected chi connectivity index (χ4v) is 3.68. The molecule has 0 fully saturated rings. The summed E-state index contributed by atoms with van der Waals surface area (Å²) in [5.74, 6) is 1.66. The maximum Gasteiger partial charge on any atom is 0.162 e. The summed E-state index contributed by atoms with van der Waals surface area (Å²) in [6.45, 7) is 1.96. The van der Waals surface area contributed by atoms with E-state index in [1.165, 1.54) is 0 Å². The molecular weight excluding hydrogens is 350 g/mol. The lowest BCUT2D eigenvalue weighted by Crippen LogP contribution is -1.97. The van der Waals surface area contributed by atoms with Crippen molar-refractivity contribution in [1.82, 2.24) is 0 Å². The van der Waals surface area contributed by atoms with Crippen LogP contribution in [0.5, 0.6) is 11.5 Å². The molecule has 0 saturated heterocycles. The Kier molecular flexibility index (Phi) is 4.73. The van der Waals surface area contributed by atoms with Gasteiger partial charge >= 0.3 is 0 Å². The molecule has 3 nitrogen and oxygen atoms in total. The number of fused-ring (bicyclic) bond motifs is 1. The van der Waals surface area contributed by atoms with Gasteiger partial charge in [0.2, 0.25) is 0 Å². The van der Waals surface area contributed by atoms with Crippen molar-refractivity contribution in [3.05, 3.63) is 46.4 Å². The molecule has 1 aliphatic rings. The number of halogens is 1. The fraction of sp³-hybridized carbons (Fsp3) is 0.250. The van der Waals surface area contributed by atoms with Gasteiger partial charge in [-0.05, 0) is 35.9 Å². The minimum Gasteiger partial charge on any atom is -0.490 e. The summed E-state index contributed by atoms with van der Waals surface area (Å²) in [7, 11) is 0. The van der Waals surface area contributed by atoms with E-state index < -0.39 is 0 Å². The van der Waals surface area contributed by atoms with Gasteiger partial charge in [0.15, 0.2) is 11.5 Å². The van der Waals surface area contributed by atoms with Crippen molar-refractivity contribution in [2.75, 3.05) is 13.2 Å². The first-order valence-corrected chi connectivity index (χ1v) is 8.43. The predicted octanol–water partition coefficient (Wildman–Crippen LogP) is 4.22. The van der Waals surface area contributed by atoms with E-state index in [4.69, 9.17) is 15.2 Å². The van der Waals surface area contributed by atoms with Gasteiger partial charge in [-0.3, -0.25) is 0 Å². The van der Waals surface area contributed by atoms with E-state index in [2.05, 4.69) is 40.2 Å². The normalized spacial score (nSPS) is 13.8. The summed E-state index contributed by atoms with van der Waals surface area (Å²) in [5.41, 5.74) is 6.79. The van der Waals surface area contributed by atoms with Crippen molar-refractivity contribution in [1.29, 1.82) is 0 Å². The number of benzene rings is 2. The van der Waals surface area contributed by atoms with Gasteiger partial charge in [-0.2, -0.15) is 0 Å². The lowest BCUT2D eigenvalue weighted by Gasteiger charge is -2.10. The van der Waals surface area contributed by atoms with Gasteiger partial charge in [-0.25, -0.2) is 0 Å². The second-order valence-electron chi connectivity index (χ2n) is 4.72. The molecule has 0 unspecified atom stereocenters. The fourth-order valence-electron chi connectivity index (χ4n) is 2.10. The predicted molar refractivity (Wildman–Crippen MR) is 88.2 cm³/mol. The van der Waals surface area contributed by atoms with Gasteiger partial charge in [0, 0.05) is 27.2 Å². The lowest BCUT2D eigenvalue weighted by molar-refractivity contribution is 0.297. The Morgan fingerprint density at radius 3 is 2.48 bits per heavy atom. The van der Waals surface area contributed by atoms with Crippen LogP contribution in [0, 0.1) is 0 Å². The first kappa shape index (κ1) is 14.8. The van der Waals surface area contributed by atoms with Crippen molar-refractivity contribution in [2.24, 2.45) is 5.73 Å². The topological polar surface area (TPSA) is 44.5 Å². The van der Waals surface area contributed by atoms with Crippen LogP contribution in [-0.4, -0.2) is 13.2 Å². The largest absolute Gasteiger partial charge is 0.490 e. The maximum atomic E-state index is 5.72. The SMILES string of the molecule is NCc1ccc(Sc2ccc3c(c2)OCCCO3)cc1Br. The van der Waals surface area contributed by atoms with E-state index in [-0.39, 0.29) is 0 Å². The van der Waals surface area contributed by atoms with Crippen molar-refractivity contribution in [2.45, 2.75) is 22.8 Å². The number of ether oxygens (including phenoxy) is 2. The lowest BCUT2D eigenvalue weighted by atomic mass is 10.2. The molecule has 2 N–H and O–H groups in total. The zero-order valence-corrected chi connectivity index (χ0v) is 13.9. The summed E-state index contributed by atoms with van der Waals surface area (Å²) in [6, 6.07) is 12.3. The molecule has 2 aromatic carbocycles. The van der Waals surface area contributed by atoms with Crippen LogP contribution in [0.25, 0.3) is 0 Å². The summed E-state index contributed by atoms with van der Waals surface area (Å²) >= 11 is 5.25. The van der Waals surface area contributed by atoms with Crippen molar-refractivity contribution < 1.29 is 9.47 Å². The molecule has 0 atom stereocenters. The minimum absolute atomic E-state index is 0.537. The highest BCUT2D eigenvalue weighted by molar-refractivity contribution is 9.10. The monoisotopic (exact) mass is 365 g/mol. The highest BCUT2D eigenvalue weighted by Crippen LogP contribution is 2.37. The smallest absolute Gasteiger partial charge is 0.162 e. The summed E-state index contributed by atoms with van der Waals surface area (Å²) in [6.07, 6.45) is 0.921. The molecule has 1 aliphatic heterocycles. The molecule has 5 heteroatoms. The Bertz CT molecular complexity index is 648. The highest BCUT2D eigenvalue weighted by Gasteiger charge is 2.11. The van der Waals surface area contributed by atoms with Gasteiger partial charge < -0.3 is 15.2 Å². The van der Waals surface area contributed by atoms with Gasteiger partial charge in [-0.1, -0.05) is 33.8 Å². The van der Waals surface area contributed by atoms with Crippen LogP contribution in [0.2, 0.25) is 0 Å². The van der Waals surface area contributed by atoms with Gasteiger partial charge in [0.1, 0.15) is 0 Å². The first-order valence-electron chi connectivity index (χ1n) is 6.82. The molecular formula is C16H16BrNO2S. The molecule has 0 radical (unpaired) electrons. The third kappa shape index (κ3) is 3.54. The van der Waals surface area contributed by atoms with E-state index in [0.717, 1.165) is 37.7 Å². The van der Waals surface area contributed by atoms with Crippen LogP contribution >= 0.6 is 27.7 Å². The van der Waals surface area contributed by atoms with Crippen LogP contribution in [0.1, 0.15) is 12.0 Å². The van der Waals surface area contributed by atoms with E-state index in [0.29, 0.717) is 19.8 Å². The molecule has 0 amide bonds. The van der Waals surface area contributed by atoms with Crippen LogP contribution in [0.15, 0.2) is 50.7 Å². The average molecular weight is 366 g/mol. The molecule has 0 bridgehead atoms. The molecule has 1 heterocycles. The van der Waals surface area contributed by atoms with Gasteiger partial charge in [0.25, 0.3) is 0 Å². The zero-order valence-electron chi connectivity index (χ0n) is 11.5. The summed E-state index contributed by atoms with van der Waals surface area (Å²) in [4.78, 5) is 2.29. The molecule has 3 rings (SSSR count). The Balaban J connectivity index is 1.81. The molecule has 110 valence electrons. The molecule has 0 spiro atoms. The molecule has 0 aliphatic carbocycles. The minimum atomic E-state index is 0.537. The summed E-state index contributed by atoms with van der Waals surface area (Å²) < 4.78 is 12.4. The van der Waals surface area contributed by atoms with E-state index in [1.807, 2.05) is 12.1 Å². The van der Waals surface area contributed by atoms with Crippen LogP contribution in [-0.2, 0) is 6.54 Å². The Hall–Kier alpha value is -1.17. The molecule has 2 aromatic rings. The van der Waals surface area contributed by atoms with E-state index in [9.17, 15) is 0 Å². The third-order valence-corrected chi connectivity index (χ3v) is 4.92. The number of rotatable bonds is 3. The van der Waals surface area contributed by atoms with Gasteiger partial charge in [-0.15, -0.1) is 0 Å². The standard InChI is InChI=1S/C16H16BrNO2S/c17-14-8-12(3-2-11(14)10-18)21-13-4-5-15-16(9-13)20-7-1-6-19-15/h2-5,8-9H,1,6-7,10,18H2. The molecule has 21 heavy (non-hydrogen) atoms. The summed E-state index contributed by atoms with van der Waals surface area (Å²) in [5, 5.41) is 0. The zero-order chi connectivity index (χ0) is 14.7. The van der Waals surface area contributed by atoms with Crippen LogP contribution in [0.3, 0.4) is 0 Å². The van der Waals surface area contributed by atoms with Crippen molar-refractivity contribution >= 4 is 27.7 Å². The number of nitrogens with two attached hydrogens (primary N) is 1. The van der Waals surface area contributed by atoms with E-state index >= 15 is 0 Å². The second-order valence-corrected chi connectivity index (χ2v) is 6.72. The van der Waals surface area contributed by atoms with E-state index in [1.54, 1.807) is 11.8 Å². The molecule has 0 saturated carbocycles. The second kappa shape index (κ2) is 6.73. The first-order chi connectivity index (χ1) is 10.3. The van der Waals surface area contributed by atoms with Crippen LogP contribution < -0.4 is 15.2 Å². The van der Waals surface area contributed by atoms with Crippen LogP contribution in [0.4, 0.5) is 0 Å². The van der Waals surface area contributed by atoms with Gasteiger partial charge in [0.05, 0.1) is 13.2 Å². The quantitative estimate of drug-likeness (QED) is 0.884. The Labute approximate surface area is 137 Å². The molecule has 0 aromatic heterocycles. The third-order valence-electron chi connectivity index (χ3n) is 3.20. The number of hydrogen-bond donors (Lipinski definition) is 1. The maximum absolute atomic E-state index is 5.72. The number of hydrogen-bond acceptors (Lipinski definition) is 4.